The molecule has 0 aliphatic heterocycles. The summed E-state index contributed by atoms with van der Waals surface area (Å²) >= 11 is 1.34. The van der Waals surface area contributed by atoms with Crippen LogP contribution in [0.25, 0.3) is 11.3 Å². The third-order valence-corrected chi connectivity index (χ3v) is 6.92. The average Bonchev–Trinajstić information content (AvgIpc) is 3.46. The number of guanidine groups is 1. The number of aliphatic imine (C=N–C) groups is 1. The molecule has 1 aromatic heterocycles. The Morgan fingerprint density at radius 1 is 1.14 bits per heavy atom. The van der Waals surface area contributed by atoms with Crippen LogP contribution >= 0.6 is 11.3 Å². The van der Waals surface area contributed by atoms with Crippen molar-refractivity contribution >= 4 is 34.3 Å². The molecule has 0 spiro atoms. The minimum atomic E-state index is -1.02. The molecule has 0 fully saturated rings. The molecule has 5 N–H and O–H groups in total. The first-order valence-corrected chi connectivity index (χ1v) is 12.0. The predicted octanol–water partition coefficient (Wildman–Crippen LogP) is 2.69. The largest absolute Gasteiger partial charge is 0.492 e. The van der Waals surface area contributed by atoms with Crippen molar-refractivity contribution in [1.29, 1.82) is 0 Å². The molecule has 3 aromatic rings. The maximum Gasteiger partial charge on any atom is 0.304 e. The molecule has 1 aliphatic carbocycles. The highest BCUT2D eigenvalue weighted by molar-refractivity contribution is 7.14. The van der Waals surface area contributed by atoms with Gasteiger partial charge in [0.15, 0.2) is 11.1 Å². The van der Waals surface area contributed by atoms with Gasteiger partial charge in [0, 0.05) is 18.0 Å². The molecule has 0 saturated heterocycles. The highest BCUT2D eigenvalue weighted by atomic mass is 32.1. The Balaban J connectivity index is 1.47. The van der Waals surface area contributed by atoms with Crippen LogP contribution in [0.1, 0.15) is 17.5 Å². The number of rotatable bonds is 9. The lowest BCUT2D eigenvalue weighted by Gasteiger charge is -2.30. The summed E-state index contributed by atoms with van der Waals surface area (Å²) in [6.45, 7) is 0.724. The topological polar surface area (TPSA) is 144 Å². The van der Waals surface area contributed by atoms with Crippen LogP contribution < -0.4 is 21.1 Å². The molecule has 1 aliphatic rings. The van der Waals surface area contributed by atoms with Gasteiger partial charge in [0.25, 0.3) is 0 Å². The number of nitrogens with two attached hydrogens (primary N) is 2. The van der Waals surface area contributed by atoms with Crippen molar-refractivity contribution in [2.75, 3.05) is 25.1 Å². The minimum Gasteiger partial charge on any atom is -0.492 e. The number of anilines is 1. The van der Waals surface area contributed by atoms with Gasteiger partial charge in [0.05, 0.1) is 24.1 Å². The normalized spacial score (nSPS) is 13.6. The quantitative estimate of drug-likeness (QED) is 0.236. The van der Waals surface area contributed by atoms with Crippen LogP contribution in [-0.4, -0.2) is 48.1 Å². The number of carboxylic acid groups (broad SMARTS) is 1. The number of carbonyl (C=O) groups is 2. The summed E-state index contributed by atoms with van der Waals surface area (Å²) in [5.74, 6) is -0.515. The third kappa shape index (κ3) is 5.43. The van der Waals surface area contributed by atoms with E-state index in [1.165, 1.54) is 16.2 Å². The minimum absolute atomic E-state index is 0.0260. The number of benzene rings is 2. The Bertz CT molecular complexity index is 1230. The van der Waals surface area contributed by atoms with Crippen molar-refractivity contribution < 1.29 is 19.4 Å². The molecule has 182 valence electrons. The summed E-state index contributed by atoms with van der Waals surface area (Å²) in [7, 11) is 1.66. The van der Waals surface area contributed by atoms with Gasteiger partial charge in [0.2, 0.25) is 5.91 Å². The summed E-state index contributed by atoms with van der Waals surface area (Å²) in [5.41, 5.74) is 13.2. The summed E-state index contributed by atoms with van der Waals surface area (Å²) < 4.78 is 5.61. The van der Waals surface area contributed by atoms with Gasteiger partial charge in [-0.2, -0.15) is 0 Å². The average molecular weight is 494 g/mol. The molecule has 0 radical (unpaired) electrons. The zero-order valence-electron chi connectivity index (χ0n) is 19.3. The fourth-order valence-electron chi connectivity index (χ4n) is 4.39. The van der Waals surface area contributed by atoms with E-state index in [0.717, 1.165) is 22.4 Å². The highest BCUT2D eigenvalue weighted by Crippen LogP contribution is 2.42. The molecule has 0 unspecified atom stereocenters. The zero-order chi connectivity index (χ0) is 25.0. The SMILES string of the molecule is CN(C(=O)C1(CC(=O)O)Cc2ccccc2C1)c1nc(-c2ccc(OCCN=C(N)N)cc2)cs1. The third-order valence-electron chi connectivity index (χ3n) is 6.01. The number of nitrogens with zero attached hydrogens (tertiary/aromatic N) is 3. The molecule has 0 atom stereocenters. The molecule has 0 bridgehead atoms. The van der Waals surface area contributed by atoms with Gasteiger partial charge in [0.1, 0.15) is 12.4 Å². The molecule has 1 amide bonds. The van der Waals surface area contributed by atoms with Crippen molar-refractivity contribution in [2.45, 2.75) is 19.3 Å². The zero-order valence-corrected chi connectivity index (χ0v) is 20.1. The Kier molecular flexibility index (Phi) is 7.02. The van der Waals surface area contributed by atoms with E-state index in [4.69, 9.17) is 16.2 Å². The monoisotopic (exact) mass is 493 g/mol. The number of thiazole rings is 1. The summed E-state index contributed by atoms with van der Waals surface area (Å²) in [6.07, 6.45) is 0.580. The van der Waals surface area contributed by atoms with Crippen LogP contribution in [-0.2, 0) is 22.4 Å². The molecule has 1 heterocycles. The van der Waals surface area contributed by atoms with Gasteiger partial charge in [-0.1, -0.05) is 24.3 Å². The number of amides is 1. The lowest BCUT2D eigenvalue weighted by Crippen LogP contribution is -2.44. The Labute approximate surface area is 207 Å². The van der Waals surface area contributed by atoms with Gasteiger partial charge in [-0.05, 0) is 48.2 Å². The Hall–Kier alpha value is -3.92. The number of fused-ring (bicyclic) bond motifs is 1. The van der Waals surface area contributed by atoms with Crippen LogP contribution in [0.15, 0.2) is 58.9 Å². The second-order valence-electron chi connectivity index (χ2n) is 8.53. The lowest BCUT2D eigenvalue weighted by molar-refractivity contribution is -0.144. The maximum atomic E-state index is 13.6. The first kappa shape index (κ1) is 24.2. The van der Waals surface area contributed by atoms with Crippen LogP contribution in [0.3, 0.4) is 0 Å². The van der Waals surface area contributed by atoms with Crippen molar-refractivity contribution in [3.05, 3.63) is 65.0 Å². The first-order chi connectivity index (χ1) is 16.8. The molecule has 2 aromatic carbocycles. The number of aromatic nitrogens is 1. The van der Waals surface area contributed by atoms with Gasteiger partial charge < -0.3 is 21.3 Å². The summed E-state index contributed by atoms with van der Waals surface area (Å²) in [6, 6.07) is 15.2. The van der Waals surface area contributed by atoms with Gasteiger partial charge in [-0.25, -0.2) is 4.98 Å². The number of aliphatic carboxylic acids is 1. The van der Waals surface area contributed by atoms with E-state index in [1.807, 2.05) is 53.9 Å². The molecule has 9 nitrogen and oxygen atoms in total. The standard InChI is InChI=1S/C25H27N5O4S/c1-30(22(33)25(14-21(31)32)12-17-4-2-3-5-18(17)13-25)24-29-20(15-35-24)16-6-8-19(9-7-16)34-11-10-28-23(26)27/h2-9,15H,10-14H2,1H3,(H,31,32)(H4,26,27,28). The van der Waals surface area contributed by atoms with Crippen molar-refractivity contribution in [1.82, 2.24) is 4.98 Å². The van der Waals surface area contributed by atoms with E-state index >= 15 is 0 Å². The molecule has 10 heteroatoms. The van der Waals surface area contributed by atoms with E-state index in [0.29, 0.717) is 36.9 Å². The van der Waals surface area contributed by atoms with Crippen LogP contribution in [0.2, 0.25) is 0 Å². The molecule has 35 heavy (non-hydrogen) atoms. The van der Waals surface area contributed by atoms with E-state index in [9.17, 15) is 14.7 Å². The maximum absolute atomic E-state index is 13.6. The van der Waals surface area contributed by atoms with Gasteiger partial charge in [-0.15, -0.1) is 11.3 Å². The fourth-order valence-corrected chi connectivity index (χ4v) is 5.19. The number of carbonyl (C=O) groups excluding carboxylic acids is 1. The number of ether oxygens (including phenoxy) is 1. The van der Waals surface area contributed by atoms with E-state index in [-0.39, 0.29) is 18.3 Å². The molecule has 4 rings (SSSR count). The summed E-state index contributed by atoms with van der Waals surface area (Å²) in [4.78, 5) is 35.3. The van der Waals surface area contributed by atoms with Crippen molar-refractivity contribution in [2.24, 2.45) is 21.9 Å². The van der Waals surface area contributed by atoms with Gasteiger partial charge >= 0.3 is 5.97 Å². The number of hydrogen-bond acceptors (Lipinski definition) is 6. The number of hydrogen-bond donors (Lipinski definition) is 3. The summed E-state index contributed by atoms with van der Waals surface area (Å²) in [5, 5.41) is 12.0. The molecular formula is C25H27N5O4S. The van der Waals surface area contributed by atoms with Crippen LogP contribution in [0.4, 0.5) is 5.13 Å². The van der Waals surface area contributed by atoms with Crippen molar-refractivity contribution in [3.8, 4) is 17.0 Å². The molecular weight excluding hydrogens is 466 g/mol. The smallest absolute Gasteiger partial charge is 0.304 e. The van der Waals surface area contributed by atoms with E-state index in [1.54, 1.807) is 7.05 Å². The van der Waals surface area contributed by atoms with Crippen molar-refractivity contribution in [3.63, 3.8) is 0 Å². The predicted molar refractivity (Wildman–Crippen MR) is 136 cm³/mol. The number of carboxylic acids is 1. The second-order valence-corrected chi connectivity index (χ2v) is 9.37. The Morgan fingerprint density at radius 3 is 2.40 bits per heavy atom. The second kappa shape index (κ2) is 10.1. The van der Waals surface area contributed by atoms with Crippen LogP contribution in [0.5, 0.6) is 5.75 Å². The van der Waals surface area contributed by atoms with E-state index in [2.05, 4.69) is 9.98 Å². The highest BCUT2D eigenvalue weighted by Gasteiger charge is 2.47. The van der Waals surface area contributed by atoms with Crippen LogP contribution in [0, 0.1) is 5.41 Å². The fraction of sp³-hybridized carbons (Fsp3) is 0.280. The molecule has 0 saturated carbocycles. The first-order valence-electron chi connectivity index (χ1n) is 11.1. The Morgan fingerprint density at radius 2 is 1.80 bits per heavy atom. The van der Waals surface area contributed by atoms with E-state index < -0.39 is 11.4 Å². The lowest BCUT2D eigenvalue weighted by atomic mass is 9.80. The van der Waals surface area contributed by atoms with Gasteiger partial charge in [-0.3, -0.25) is 19.5 Å².